The zero-order valence-corrected chi connectivity index (χ0v) is 44.6. The fourth-order valence-corrected chi connectivity index (χ4v) is 12.1. The molecule has 1 aliphatic carbocycles. The first-order chi connectivity index (χ1) is 34.3. The lowest BCUT2D eigenvalue weighted by Gasteiger charge is -2.36. The van der Waals surface area contributed by atoms with Crippen LogP contribution in [0.2, 0.25) is 5.02 Å². The molecule has 3 aromatic heterocycles. The van der Waals surface area contributed by atoms with Crippen molar-refractivity contribution in [1.29, 1.82) is 0 Å². The molecule has 5 heterocycles. The molecule has 2 fully saturated rings. The maximum Gasteiger partial charge on any atom is 0.246 e. The maximum atomic E-state index is 14.4. The molecule has 376 valence electrons. The number of aryl methyl sites for hydroxylation is 3. The minimum Gasteiger partial charge on any atom is -0.490 e. The number of nitrogens with zero attached hydrogens (tertiary/aromatic N) is 6. The first-order valence-corrected chi connectivity index (χ1v) is 26.7. The second kappa shape index (κ2) is 20.7. The Morgan fingerprint density at radius 1 is 0.903 bits per heavy atom. The van der Waals surface area contributed by atoms with Crippen LogP contribution < -0.4 is 20.7 Å². The molecule has 17 heteroatoms. The summed E-state index contributed by atoms with van der Waals surface area (Å²) in [5.41, 5.74) is 8.79. The molecule has 2 aliphatic heterocycles. The van der Waals surface area contributed by atoms with Gasteiger partial charge in [-0.15, -0.1) is 32.9 Å². The van der Waals surface area contributed by atoms with Crippen LogP contribution in [0.3, 0.4) is 0 Å². The number of nitrogens with one attached hydrogen (secondary N) is 3. The summed E-state index contributed by atoms with van der Waals surface area (Å²) in [6, 6.07) is 20.7. The van der Waals surface area contributed by atoms with E-state index >= 15 is 0 Å². The van der Waals surface area contributed by atoms with Gasteiger partial charge in [0.15, 0.2) is 5.82 Å². The molecule has 0 radical (unpaired) electrons. The molecule has 72 heavy (non-hydrogen) atoms. The molecule has 3 N–H and O–H groups in total. The summed E-state index contributed by atoms with van der Waals surface area (Å²) in [5.74, 6) is 1.15. The molecule has 0 spiro atoms. The van der Waals surface area contributed by atoms with Crippen LogP contribution in [0.5, 0.6) is 5.75 Å². The van der Waals surface area contributed by atoms with Gasteiger partial charge in [-0.05, 0) is 98.9 Å². The Morgan fingerprint density at radius 3 is 2.32 bits per heavy atom. The number of thiazole rings is 1. The smallest absolute Gasteiger partial charge is 0.246 e. The van der Waals surface area contributed by atoms with Gasteiger partial charge in [0.25, 0.3) is 0 Å². The summed E-state index contributed by atoms with van der Waals surface area (Å²) < 4.78 is 8.39. The quantitative estimate of drug-likeness (QED) is 0.0968. The number of aromatic nitrogens is 4. The fraction of sp³-hybridized carbons (Fsp3) is 0.418. The molecule has 1 saturated heterocycles. The first-order valence-electron chi connectivity index (χ1n) is 24.6. The van der Waals surface area contributed by atoms with E-state index in [1.807, 2.05) is 131 Å². The summed E-state index contributed by atoms with van der Waals surface area (Å²) in [6.07, 6.45) is 1.76. The number of hydrogen-bond donors (Lipinski definition) is 3. The number of thiophene rings is 1. The summed E-state index contributed by atoms with van der Waals surface area (Å²) in [5, 5.41) is 20.0. The molecule has 3 aromatic carbocycles. The van der Waals surface area contributed by atoms with E-state index in [9.17, 15) is 19.2 Å². The Hall–Kier alpha value is -6.23. The third kappa shape index (κ3) is 10.8. The average molecular weight is 1030 g/mol. The van der Waals surface area contributed by atoms with Gasteiger partial charge in [0.2, 0.25) is 23.6 Å². The first kappa shape index (κ1) is 50.7. The molecule has 14 nitrogen and oxygen atoms in total. The van der Waals surface area contributed by atoms with Crippen LogP contribution in [-0.2, 0) is 25.6 Å². The third-order valence-corrected chi connectivity index (χ3v) is 16.5. The van der Waals surface area contributed by atoms with E-state index in [0.717, 1.165) is 60.5 Å². The summed E-state index contributed by atoms with van der Waals surface area (Å²) in [7, 11) is 0. The Balaban J connectivity index is 0.787. The van der Waals surface area contributed by atoms with E-state index in [0.29, 0.717) is 42.4 Å². The van der Waals surface area contributed by atoms with Crippen molar-refractivity contribution in [3.05, 3.63) is 133 Å². The highest BCUT2D eigenvalue weighted by Gasteiger charge is 2.44. The molecule has 9 rings (SSSR count). The van der Waals surface area contributed by atoms with Crippen molar-refractivity contribution < 1.29 is 23.9 Å². The van der Waals surface area contributed by atoms with Crippen LogP contribution >= 0.6 is 34.3 Å². The van der Waals surface area contributed by atoms with Crippen LogP contribution in [-0.4, -0.2) is 84.8 Å². The second-order valence-corrected chi connectivity index (χ2v) is 23.2. The van der Waals surface area contributed by atoms with Crippen molar-refractivity contribution in [1.82, 2.24) is 40.6 Å². The van der Waals surface area contributed by atoms with Gasteiger partial charge in [0.1, 0.15) is 40.8 Å². The number of fused-ring (bicyclic) bond motifs is 3. The lowest BCUT2D eigenvalue weighted by molar-refractivity contribution is -0.144. The third-order valence-electron chi connectivity index (χ3n) is 14.1. The minimum atomic E-state index is -0.864. The SMILES string of the molecule is Cc1ncsc1-c1ccc([C@H](C)NC(=O)C2C[C@@H](C)CN2C(=O)[C@@H](NC(=O)Cc2cccc(OC3CC(NC(=O)CC4N=C(c5ccc(Cl)cc5)c5c(sc(C)c5C)-n5c(C)nnc54)C3)c2)C(C)(C)C)cc1. The lowest BCUT2D eigenvalue weighted by Crippen LogP contribution is -2.58. The minimum absolute atomic E-state index is 0.0307. The summed E-state index contributed by atoms with van der Waals surface area (Å²) in [4.78, 5) is 69.4. The lowest BCUT2D eigenvalue weighted by atomic mass is 9.85. The monoisotopic (exact) mass is 1030 g/mol. The number of hydrogen-bond acceptors (Lipinski definition) is 11. The molecule has 2 unspecified atom stereocenters. The topological polar surface area (TPSA) is 173 Å². The highest BCUT2D eigenvalue weighted by atomic mass is 35.5. The number of carbonyl (C=O) groups excluding carboxylic acids is 4. The summed E-state index contributed by atoms with van der Waals surface area (Å²) >= 11 is 9.55. The molecule has 4 amide bonds. The number of ether oxygens (including phenoxy) is 1. The molecular weight excluding hydrogens is 966 g/mol. The van der Waals surface area contributed by atoms with Crippen LogP contribution in [0.25, 0.3) is 15.4 Å². The van der Waals surface area contributed by atoms with Gasteiger partial charge < -0.3 is 25.6 Å². The number of halogens is 1. The van der Waals surface area contributed by atoms with E-state index < -0.39 is 23.5 Å². The number of likely N-dealkylation sites (tertiary alicyclic amines) is 1. The van der Waals surface area contributed by atoms with Crippen LogP contribution in [0.4, 0.5) is 0 Å². The van der Waals surface area contributed by atoms with Crippen molar-refractivity contribution in [2.45, 2.75) is 131 Å². The predicted molar refractivity (Wildman–Crippen MR) is 283 cm³/mol. The van der Waals surface area contributed by atoms with Gasteiger partial charge >= 0.3 is 0 Å². The Labute approximate surface area is 434 Å². The van der Waals surface area contributed by atoms with E-state index in [-0.39, 0.29) is 60.6 Å². The van der Waals surface area contributed by atoms with Gasteiger partial charge in [-0.1, -0.05) is 87.8 Å². The van der Waals surface area contributed by atoms with Crippen molar-refractivity contribution in [3.8, 4) is 21.2 Å². The molecular formula is C55H62ClN9O5S2. The Morgan fingerprint density at radius 2 is 1.62 bits per heavy atom. The van der Waals surface area contributed by atoms with E-state index in [2.05, 4.69) is 45.0 Å². The van der Waals surface area contributed by atoms with Gasteiger partial charge in [-0.2, -0.15) is 0 Å². The van der Waals surface area contributed by atoms with Gasteiger partial charge in [0.05, 0.1) is 40.7 Å². The molecule has 6 aromatic rings. The highest BCUT2D eigenvalue weighted by molar-refractivity contribution is 7.15. The highest BCUT2D eigenvalue weighted by Crippen LogP contribution is 2.40. The standard InChI is InChI=1S/C55H62ClN9O5S2/c1-29-21-44(52(68)58-31(3)36-13-15-38(16-14-36)49-32(4)57-28-71-49)64(27-29)53(69)50(55(7,8)9)61-45(66)23-35-11-10-12-41(22-35)70-42-24-40(25-42)59-46(67)26-43-51-63-62-34(6)65(51)54-47(30(2)33(5)72-54)48(60-43)37-17-19-39(56)20-18-37/h10-20,22,28-29,31,40,42-44,50H,21,23-27H2,1-9H3,(H,58,68)(H,59,67)(H,61,66)/t29-,31+,40?,42?,43?,44?,50-/m1/s1. The second-order valence-electron chi connectivity index (χ2n) is 20.7. The van der Waals surface area contributed by atoms with Crippen molar-refractivity contribution in [2.75, 3.05) is 6.54 Å². The normalized spacial score (nSPS) is 20.3. The maximum absolute atomic E-state index is 14.4. The predicted octanol–water partition coefficient (Wildman–Crippen LogP) is 9.54. The Kier molecular flexibility index (Phi) is 14.6. The molecule has 3 aliphatic rings. The van der Waals surface area contributed by atoms with E-state index in [1.54, 1.807) is 27.6 Å². The van der Waals surface area contributed by atoms with Gasteiger partial charge in [-0.25, -0.2) is 4.98 Å². The van der Waals surface area contributed by atoms with Crippen molar-refractivity contribution in [2.24, 2.45) is 16.3 Å². The van der Waals surface area contributed by atoms with Crippen LogP contribution in [0.1, 0.15) is 122 Å². The average Bonchev–Trinajstić information content (AvgIpc) is 4.09. The zero-order valence-electron chi connectivity index (χ0n) is 42.2. The Bertz CT molecular complexity index is 3040. The largest absolute Gasteiger partial charge is 0.490 e. The number of carbonyl (C=O) groups is 4. The zero-order chi connectivity index (χ0) is 51.2. The van der Waals surface area contributed by atoms with Crippen molar-refractivity contribution >= 4 is 63.6 Å². The van der Waals surface area contributed by atoms with E-state index in [4.69, 9.17) is 21.3 Å². The number of aliphatic imine (C=N–C) groups is 1. The van der Waals surface area contributed by atoms with E-state index in [1.165, 1.54) is 4.88 Å². The number of rotatable bonds is 14. The van der Waals surface area contributed by atoms with Crippen LogP contribution in [0, 0.1) is 39.0 Å². The van der Waals surface area contributed by atoms with Gasteiger partial charge in [0, 0.05) is 46.5 Å². The number of benzene rings is 3. The van der Waals surface area contributed by atoms with Crippen LogP contribution in [0.15, 0.2) is 83.3 Å². The number of amides is 4. The van der Waals surface area contributed by atoms with Gasteiger partial charge in [-0.3, -0.25) is 28.7 Å². The molecule has 1 saturated carbocycles. The molecule has 0 bridgehead atoms. The van der Waals surface area contributed by atoms with Crippen molar-refractivity contribution in [3.63, 3.8) is 0 Å². The summed E-state index contributed by atoms with van der Waals surface area (Å²) in [6.45, 7) is 18.3. The molecule has 5 atom stereocenters. The fourth-order valence-electron chi connectivity index (χ4n) is 9.94.